The summed E-state index contributed by atoms with van der Waals surface area (Å²) in [6.45, 7) is 13.1. The first-order valence-corrected chi connectivity index (χ1v) is 6.68. The average molecular weight is 211 g/mol. The molecule has 15 heavy (non-hydrogen) atoms. The quantitative estimate of drug-likeness (QED) is 0.704. The van der Waals surface area contributed by atoms with Crippen molar-refractivity contribution < 1.29 is 0 Å². The van der Waals surface area contributed by atoms with Crippen LogP contribution in [0.2, 0.25) is 0 Å². The van der Waals surface area contributed by atoms with Crippen LogP contribution in [0.4, 0.5) is 0 Å². The molecule has 1 saturated carbocycles. The molecule has 1 heteroatoms. The Morgan fingerprint density at radius 3 is 2.27 bits per heavy atom. The third-order valence-corrected chi connectivity index (χ3v) is 3.75. The Balaban J connectivity index is 2.43. The maximum absolute atomic E-state index is 3.70. The van der Waals surface area contributed by atoms with Crippen molar-refractivity contribution in [3.05, 3.63) is 0 Å². The van der Waals surface area contributed by atoms with Gasteiger partial charge in [-0.3, -0.25) is 0 Å². The molecule has 0 aromatic carbocycles. The van der Waals surface area contributed by atoms with Crippen molar-refractivity contribution in [2.24, 2.45) is 17.3 Å². The van der Waals surface area contributed by atoms with Crippen LogP contribution in [0, 0.1) is 17.3 Å². The van der Waals surface area contributed by atoms with Crippen LogP contribution in [0.3, 0.4) is 0 Å². The van der Waals surface area contributed by atoms with Gasteiger partial charge in [-0.05, 0) is 36.6 Å². The van der Waals surface area contributed by atoms with Gasteiger partial charge in [-0.2, -0.15) is 0 Å². The van der Waals surface area contributed by atoms with E-state index in [0.717, 1.165) is 17.9 Å². The molecule has 1 nitrogen and oxygen atoms in total. The maximum atomic E-state index is 3.70. The van der Waals surface area contributed by atoms with Gasteiger partial charge in [0.1, 0.15) is 0 Å². The third kappa shape index (κ3) is 4.55. The molecule has 0 amide bonds. The highest BCUT2D eigenvalue weighted by Crippen LogP contribution is 2.34. The molecule has 1 aliphatic rings. The summed E-state index contributed by atoms with van der Waals surface area (Å²) in [5, 5.41) is 3.70. The third-order valence-electron chi connectivity index (χ3n) is 3.75. The molecule has 2 atom stereocenters. The van der Waals surface area contributed by atoms with Crippen LogP contribution in [-0.4, -0.2) is 12.6 Å². The molecular formula is C14H29N. The van der Waals surface area contributed by atoms with E-state index in [0.29, 0.717) is 5.41 Å². The number of nitrogens with one attached hydrogen (secondary N) is 1. The Morgan fingerprint density at radius 1 is 1.27 bits per heavy atom. The number of hydrogen-bond acceptors (Lipinski definition) is 1. The van der Waals surface area contributed by atoms with Gasteiger partial charge in [0, 0.05) is 6.04 Å². The van der Waals surface area contributed by atoms with Gasteiger partial charge in [-0.15, -0.1) is 0 Å². The fourth-order valence-electron chi connectivity index (χ4n) is 2.60. The van der Waals surface area contributed by atoms with E-state index >= 15 is 0 Å². The standard InChI is InChI=1S/C14H29N/c1-6-7-11(2)13(14(3,4)5)10-15-12-8-9-12/h11-13,15H,6-10H2,1-5H3. The van der Waals surface area contributed by atoms with E-state index in [9.17, 15) is 0 Å². The van der Waals surface area contributed by atoms with Crippen molar-refractivity contribution in [1.82, 2.24) is 5.32 Å². The minimum atomic E-state index is 0.441. The topological polar surface area (TPSA) is 12.0 Å². The van der Waals surface area contributed by atoms with Crippen LogP contribution in [0.1, 0.15) is 60.3 Å². The van der Waals surface area contributed by atoms with Gasteiger partial charge in [0.2, 0.25) is 0 Å². The summed E-state index contributed by atoms with van der Waals surface area (Å²) < 4.78 is 0. The number of rotatable bonds is 6. The molecule has 0 bridgehead atoms. The lowest BCUT2D eigenvalue weighted by molar-refractivity contribution is 0.155. The first-order chi connectivity index (χ1) is 6.95. The molecule has 90 valence electrons. The summed E-state index contributed by atoms with van der Waals surface area (Å²) in [4.78, 5) is 0. The van der Waals surface area contributed by atoms with E-state index in [-0.39, 0.29) is 0 Å². The summed E-state index contributed by atoms with van der Waals surface area (Å²) in [5.41, 5.74) is 0.441. The van der Waals surface area contributed by atoms with Gasteiger partial charge in [0.25, 0.3) is 0 Å². The highest BCUT2D eigenvalue weighted by atomic mass is 14.9. The van der Waals surface area contributed by atoms with Gasteiger partial charge in [-0.1, -0.05) is 47.5 Å². The minimum absolute atomic E-state index is 0.441. The average Bonchev–Trinajstić information content (AvgIpc) is 2.86. The highest BCUT2D eigenvalue weighted by molar-refractivity contribution is 4.86. The number of hydrogen-bond donors (Lipinski definition) is 1. The van der Waals surface area contributed by atoms with E-state index in [4.69, 9.17) is 0 Å². The van der Waals surface area contributed by atoms with E-state index in [1.165, 1.54) is 32.2 Å². The molecule has 1 aliphatic carbocycles. The second kappa shape index (κ2) is 5.34. The van der Waals surface area contributed by atoms with Crippen molar-refractivity contribution in [1.29, 1.82) is 0 Å². The second-order valence-corrected chi connectivity index (χ2v) is 6.42. The van der Waals surface area contributed by atoms with Gasteiger partial charge in [0.05, 0.1) is 0 Å². The van der Waals surface area contributed by atoms with E-state index in [1.807, 2.05) is 0 Å². The Bertz CT molecular complexity index is 176. The second-order valence-electron chi connectivity index (χ2n) is 6.42. The molecule has 0 aromatic heterocycles. The summed E-state index contributed by atoms with van der Waals surface area (Å²) in [5.74, 6) is 1.67. The van der Waals surface area contributed by atoms with Crippen molar-refractivity contribution in [3.63, 3.8) is 0 Å². The fraction of sp³-hybridized carbons (Fsp3) is 1.00. The van der Waals surface area contributed by atoms with E-state index < -0.39 is 0 Å². The first-order valence-electron chi connectivity index (χ1n) is 6.68. The van der Waals surface area contributed by atoms with Gasteiger partial charge in [0.15, 0.2) is 0 Å². The van der Waals surface area contributed by atoms with Crippen LogP contribution in [-0.2, 0) is 0 Å². The summed E-state index contributed by atoms with van der Waals surface area (Å²) in [6, 6.07) is 0.851. The molecule has 1 N–H and O–H groups in total. The Morgan fingerprint density at radius 2 is 1.87 bits per heavy atom. The maximum Gasteiger partial charge on any atom is 0.00683 e. The molecule has 0 saturated heterocycles. The van der Waals surface area contributed by atoms with Gasteiger partial charge >= 0.3 is 0 Å². The van der Waals surface area contributed by atoms with Crippen molar-refractivity contribution >= 4 is 0 Å². The largest absolute Gasteiger partial charge is 0.314 e. The predicted molar refractivity (Wildman–Crippen MR) is 68.0 cm³/mol. The van der Waals surface area contributed by atoms with Crippen LogP contribution in [0.15, 0.2) is 0 Å². The molecule has 0 spiro atoms. The predicted octanol–water partition coefficient (Wildman–Crippen LogP) is 3.84. The molecule has 0 radical (unpaired) electrons. The highest BCUT2D eigenvalue weighted by Gasteiger charge is 2.31. The molecule has 0 aliphatic heterocycles. The lowest BCUT2D eigenvalue weighted by Crippen LogP contribution is -2.37. The summed E-state index contributed by atoms with van der Waals surface area (Å²) in [7, 11) is 0. The normalized spacial score (nSPS) is 21.4. The lowest BCUT2D eigenvalue weighted by Gasteiger charge is -2.36. The zero-order valence-electron chi connectivity index (χ0n) is 11.3. The van der Waals surface area contributed by atoms with Crippen LogP contribution in [0.25, 0.3) is 0 Å². The molecule has 1 rings (SSSR count). The Kier molecular flexibility index (Phi) is 4.64. The lowest BCUT2D eigenvalue weighted by atomic mass is 9.72. The minimum Gasteiger partial charge on any atom is -0.314 e. The first kappa shape index (κ1) is 13.0. The molecule has 1 fully saturated rings. The molecular weight excluding hydrogens is 182 g/mol. The van der Waals surface area contributed by atoms with Crippen LogP contribution in [0.5, 0.6) is 0 Å². The Labute approximate surface area is 96.0 Å². The van der Waals surface area contributed by atoms with Crippen LogP contribution < -0.4 is 5.32 Å². The van der Waals surface area contributed by atoms with Gasteiger partial charge in [-0.25, -0.2) is 0 Å². The van der Waals surface area contributed by atoms with E-state index in [1.54, 1.807) is 0 Å². The fourth-order valence-corrected chi connectivity index (χ4v) is 2.60. The monoisotopic (exact) mass is 211 g/mol. The van der Waals surface area contributed by atoms with Crippen molar-refractivity contribution in [3.8, 4) is 0 Å². The molecule has 0 heterocycles. The zero-order valence-corrected chi connectivity index (χ0v) is 11.3. The SMILES string of the molecule is CCCC(C)C(CNC1CC1)C(C)(C)C. The Hall–Kier alpha value is -0.0400. The van der Waals surface area contributed by atoms with Crippen molar-refractivity contribution in [2.45, 2.75) is 66.3 Å². The van der Waals surface area contributed by atoms with Crippen molar-refractivity contribution in [2.75, 3.05) is 6.54 Å². The van der Waals surface area contributed by atoms with E-state index in [2.05, 4.69) is 39.9 Å². The van der Waals surface area contributed by atoms with Gasteiger partial charge < -0.3 is 5.32 Å². The summed E-state index contributed by atoms with van der Waals surface area (Å²) >= 11 is 0. The van der Waals surface area contributed by atoms with Crippen LogP contribution >= 0.6 is 0 Å². The molecule has 0 aromatic rings. The zero-order chi connectivity index (χ0) is 11.5. The molecule has 2 unspecified atom stereocenters. The smallest absolute Gasteiger partial charge is 0.00683 e. The summed E-state index contributed by atoms with van der Waals surface area (Å²) in [6.07, 6.45) is 5.49.